The predicted molar refractivity (Wildman–Crippen MR) is 92.9 cm³/mol. The molecule has 130 valence electrons. The van der Waals surface area contributed by atoms with Gasteiger partial charge in [-0.3, -0.25) is 19.7 Å². The molecule has 1 atom stereocenters. The minimum Gasteiger partial charge on any atom is -0.348 e. The van der Waals surface area contributed by atoms with Crippen LogP contribution < -0.4 is 10.6 Å². The minimum absolute atomic E-state index is 0.00236. The standard InChI is InChI=1S/C14H19NO.C5H7NO2/c1-13(2,3)14(4)7-5-10-9-15-12(16)11(10)6-8-14;7-4-2-1-3-5(8)6-4/h5-8H,9H2,1-4H3,(H,15,16);1-3H2,(H,6,7,8). The Morgan fingerprint density at radius 3 is 2.08 bits per heavy atom. The summed E-state index contributed by atoms with van der Waals surface area (Å²) in [4.78, 5) is 32.3. The lowest BCUT2D eigenvalue weighted by Crippen LogP contribution is -2.33. The number of allylic oxidation sites excluding steroid dienone is 2. The fraction of sp³-hybridized carbons (Fsp3) is 0.526. The molecule has 0 aromatic carbocycles. The van der Waals surface area contributed by atoms with Crippen molar-refractivity contribution < 1.29 is 14.4 Å². The van der Waals surface area contributed by atoms with E-state index >= 15 is 0 Å². The largest absolute Gasteiger partial charge is 0.348 e. The van der Waals surface area contributed by atoms with Crippen molar-refractivity contribution in [3.05, 3.63) is 35.5 Å². The third kappa shape index (κ3) is 4.02. The zero-order valence-electron chi connectivity index (χ0n) is 14.9. The Bertz CT molecular complexity index is 636. The van der Waals surface area contributed by atoms with Gasteiger partial charge in [-0.1, -0.05) is 52.0 Å². The van der Waals surface area contributed by atoms with Crippen LogP contribution in [0.2, 0.25) is 0 Å². The summed E-state index contributed by atoms with van der Waals surface area (Å²) in [6.07, 6.45) is 10.2. The van der Waals surface area contributed by atoms with Crippen LogP contribution in [-0.2, 0) is 14.4 Å². The zero-order chi connectivity index (χ0) is 18.0. The van der Waals surface area contributed by atoms with Gasteiger partial charge in [-0.25, -0.2) is 0 Å². The summed E-state index contributed by atoms with van der Waals surface area (Å²) >= 11 is 0. The van der Waals surface area contributed by atoms with Crippen LogP contribution >= 0.6 is 0 Å². The summed E-state index contributed by atoms with van der Waals surface area (Å²) in [7, 11) is 0. The number of carbonyl (C=O) groups excluding carboxylic acids is 3. The highest BCUT2D eigenvalue weighted by Gasteiger charge is 2.34. The number of carbonyl (C=O) groups is 3. The molecular formula is C19H26N2O3. The molecule has 0 saturated carbocycles. The van der Waals surface area contributed by atoms with E-state index in [9.17, 15) is 14.4 Å². The van der Waals surface area contributed by atoms with E-state index in [0.717, 1.165) is 11.1 Å². The quantitative estimate of drug-likeness (QED) is 0.670. The summed E-state index contributed by atoms with van der Waals surface area (Å²) in [5.41, 5.74) is 2.08. The van der Waals surface area contributed by atoms with E-state index in [1.807, 2.05) is 6.08 Å². The molecule has 0 spiro atoms. The Morgan fingerprint density at radius 2 is 1.58 bits per heavy atom. The Balaban J connectivity index is 0.000000219. The first-order valence-corrected chi connectivity index (χ1v) is 8.35. The highest BCUT2D eigenvalue weighted by atomic mass is 16.2. The molecule has 3 rings (SSSR count). The van der Waals surface area contributed by atoms with Crippen molar-refractivity contribution in [1.29, 1.82) is 0 Å². The summed E-state index contributed by atoms with van der Waals surface area (Å²) in [5, 5.41) is 5.04. The van der Waals surface area contributed by atoms with Crippen molar-refractivity contribution >= 4 is 17.7 Å². The lowest BCUT2D eigenvalue weighted by Gasteiger charge is -2.37. The second kappa shape index (κ2) is 6.75. The van der Waals surface area contributed by atoms with E-state index in [4.69, 9.17) is 0 Å². The summed E-state index contributed by atoms with van der Waals surface area (Å²) in [5.74, 6) is -0.225. The van der Waals surface area contributed by atoms with Crippen LogP contribution in [-0.4, -0.2) is 24.3 Å². The molecule has 5 heteroatoms. The van der Waals surface area contributed by atoms with E-state index in [2.05, 4.69) is 56.6 Å². The van der Waals surface area contributed by atoms with Crippen molar-refractivity contribution in [3.63, 3.8) is 0 Å². The van der Waals surface area contributed by atoms with E-state index in [1.54, 1.807) is 0 Å². The molecule has 0 aromatic rings. The van der Waals surface area contributed by atoms with Crippen LogP contribution in [0.5, 0.6) is 0 Å². The normalized spacial score (nSPS) is 26.2. The van der Waals surface area contributed by atoms with Gasteiger partial charge in [0.1, 0.15) is 0 Å². The van der Waals surface area contributed by atoms with Crippen LogP contribution in [0, 0.1) is 10.8 Å². The highest BCUT2D eigenvalue weighted by Crippen LogP contribution is 2.43. The van der Waals surface area contributed by atoms with E-state index in [-0.39, 0.29) is 28.6 Å². The molecular weight excluding hydrogens is 304 g/mol. The van der Waals surface area contributed by atoms with Gasteiger partial charge in [0.05, 0.1) is 0 Å². The van der Waals surface area contributed by atoms with E-state index in [1.165, 1.54) is 0 Å². The van der Waals surface area contributed by atoms with Crippen LogP contribution in [0.15, 0.2) is 35.5 Å². The Morgan fingerprint density at radius 1 is 1.00 bits per heavy atom. The van der Waals surface area contributed by atoms with E-state index in [0.29, 0.717) is 25.8 Å². The third-order valence-corrected chi connectivity index (χ3v) is 4.96. The smallest absolute Gasteiger partial charge is 0.251 e. The van der Waals surface area contributed by atoms with Crippen molar-refractivity contribution in [2.75, 3.05) is 6.54 Å². The number of hydrogen-bond donors (Lipinski definition) is 2. The number of piperidine rings is 1. The molecule has 3 amide bonds. The average Bonchev–Trinajstić information content (AvgIpc) is 2.72. The van der Waals surface area contributed by atoms with Crippen LogP contribution in [0.4, 0.5) is 0 Å². The van der Waals surface area contributed by atoms with Crippen LogP contribution in [0.1, 0.15) is 47.0 Å². The van der Waals surface area contributed by atoms with Gasteiger partial charge in [-0.15, -0.1) is 0 Å². The second-order valence-electron chi connectivity index (χ2n) is 7.65. The third-order valence-electron chi connectivity index (χ3n) is 4.96. The lowest BCUT2D eigenvalue weighted by atomic mass is 9.67. The fourth-order valence-corrected chi connectivity index (χ4v) is 2.62. The summed E-state index contributed by atoms with van der Waals surface area (Å²) in [6, 6.07) is 0. The van der Waals surface area contributed by atoms with Gasteiger partial charge in [0.2, 0.25) is 11.8 Å². The van der Waals surface area contributed by atoms with Crippen molar-refractivity contribution in [3.8, 4) is 0 Å². The first kappa shape index (κ1) is 18.2. The molecule has 1 unspecified atom stereocenters. The van der Waals surface area contributed by atoms with Gasteiger partial charge in [-0.05, 0) is 17.4 Å². The molecule has 5 nitrogen and oxygen atoms in total. The van der Waals surface area contributed by atoms with Gasteiger partial charge in [0, 0.05) is 30.4 Å². The Kier molecular flexibility index (Phi) is 5.11. The van der Waals surface area contributed by atoms with Crippen LogP contribution in [0.3, 0.4) is 0 Å². The number of amides is 3. The maximum absolute atomic E-state index is 11.6. The average molecular weight is 330 g/mol. The monoisotopic (exact) mass is 330 g/mol. The Hall–Kier alpha value is -2.17. The maximum Gasteiger partial charge on any atom is 0.251 e. The van der Waals surface area contributed by atoms with E-state index < -0.39 is 0 Å². The van der Waals surface area contributed by atoms with Crippen molar-refractivity contribution in [2.24, 2.45) is 10.8 Å². The first-order chi connectivity index (χ1) is 11.1. The number of rotatable bonds is 0. The van der Waals surface area contributed by atoms with Gasteiger partial charge in [-0.2, -0.15) is 0 Å². The number of hydrogen-bond acceptors (Lipinski definition) is 3. The van der Waals surface area contributed by atoms with Gasteiger partial charge >= 0.3 is 0 Å². The molecule has 1 fully saturated rings. The van der Waals surface area contributed by atoms with Gasteiger partial charge in [0.15, 0.2) is 0 Å². The molecule has 3 aliphatic rings. The van der Waals surface area contributed by atoms with Gasteiger partial charge < -0.3 is 5.32 Å². The molecule has 2 N–H and O–H groups in total. The highest BCUT2D eigenvalue weighted by molar-refractivity contribution is 6.00. The molecule has 2 heterocycles. The molecule has 0 aromatic heterocycles. The van der Waals surface area contributed by atoms with Gasteiger partial charge in [0.25, 0.3) is 5.91 Å². The van der Waals surface area contributed by atoms with Crippen LogP contribution in [0.25, 0.3) is 0 Å². The number of nitrogens with one attached hydrogen (secondary N) is 2. The van der Waals surface area contributed by atoms with Crippen molar-refractivity contribution in [2.45, 2.75) is 47.0 Å². The lowest BCUT2D eigenvalue weighted by molar-refractivity contribution is -0.133. The fourth-order valence-electron chi connectivity index (χ4n) is 2.62. The zero-order valence-corrected chi connectivity index (χ0v) is 14.9. The molecule has 0 bridgehead atoms. The predicted octanol–water partition coefficient (Wildman–Crippen LogP) is 2.40. The minimum atomic E-state index is -0.138. The molecule has 24 heavy (non-hydrogen) atoms. The number of imide groups is 1. The van der Waals surface area contributed by atoms with Crippen molar-refractivity contribution in [1.82, 2.24) is 10.6 Å². The first-order valence-electron chi connectivity index (χ1n) is 8.35. The summed E-state index contributed by atoms with van der Waals surface area (Å²) in [6.45, 7) is 9.53. The SMILES string of the molecule is CC(C)(C)C1(C)C=CC2=C(C=C1)C(=O)NC2.O=C1CCCC(=O)N1. The molecule has 1 saturated heterocycles. The second-order valence-corrected chi connectivity index (χ2v) is 7.65. The molecule has 0 radical (unpaired) electrons. The molecule has 2 aliphatic heterocycles. The maximum atomic E-state index is 11.6. The Labute approximate surface area is 143 Å². The molecule has 1 aliphatic carbocycles. The summed E-state index contributed by atoms with van der Waals surface area (Å²) < 4.78 is 0. The topological polar surface area (TPSA) is 75.3 Å².